The summed E-state index contributed by atoms with van der Waals surface area (Å²) in [7, 11) is 0. The molecule has 0 spiro atoms. The first kappa shape index (κ1) is 21.5. The molecule has 1 aliphatic heterocycles. The van der Waals surface area contributed by atoms with Crippen molar-refractivity contribution in [1.29, 1.82) is 0 Å². The zero-order chi connectivity index (χ0) is 22.2. The SMILES string of the molecule is O[C@@H]1[C@H](O)[C@@H](CSc2ccccc2F)O[C@H]1n1cnc2c(N[C@@H]3CCC[C@H]3O)ncnc21. The number of nitrogens with zero attached hydrogens (tertiary/aromatic N) is 4. The molecule has 0 amide bonds. The highest BCUT2D eigenvalue weighted by molar-refractivity contribution is 7.99. The number of rotatable bonds is 6. The molecule has 1 aliphatic carbocycles. The fraction of sp³-hybridized carbons (Fsp3) is 0.476. The quantitative estimate of drug-likeness (QED) is 0.406. The monoisotopic (exact) mass is 461 g/mol. The van der Waals surface area contributed by atoms with Crippen LogP contribution in [0.1, 0.15) is 25.5 Å². The number of anilines is 1. The molecule has 1 aromatic carbocycles. The van der Waals surface area contributed by atoms with Gasteiger partial charge in [-0.2, -0.15) is 0 Å². The van der Waals surface area contributed by atoms with Crippen LogP contribution in [0.4, 0.5) is 10.2 Å². The van der Waals surface area contributed by atoms with Crippen LogP contribution in [-0.4, -0.2) is 71.0 Å². The van der Waals surface area contributed by atoms with Crippen molar-refractivity contribution in [1.82, 2.24) is 19.5 Å². The minimum absolute atomic E-state index is 0.104. The molecule has 1 saturated carbocycles. The van der Waals surface area contributed by atoms with Gasteiger partial charge in [-0.05, 0) is 31.4 Å². The Hall–Kier alpha value is -2.31. The van der Waals surface area contributed by atoms with Crippen molar-refractivity contribution >= 4 is 28.7 Å². The first-order chi connectivity index (χ1) is 15.5. The van der Waals surface area contributed by atoms with E-state index in [4.69, 9.17) is 4.74 Å². The lowest BCUT2D eigenvalue weighted by molar-refractivity contribution is -0.0289. The van der Waals surface area contributed by atoms with Crippen molar-refractivity contribution in [3.63, 3.8) is 0 Å². The summed E-state index contributed by atoms with van der Waals surface area (Å²) < 4.78 is 21.4. The van der Waals surface area contributed by atoms with Gasteiger partial charge in [0, 0.05) is 10.6 Å². The van der Waals surface area contributed by atoms with E-state index in [-0.39, 0.29) is 17.6 Å². The standard InChI is InChI=1S/C21H24FN5O4S/c22-11-4-1-2-7-15(11)32-8-14-17(29)18(30)21(31-14)27-10-25-16-19(23-9-24-20(16)27)26-12-5-3-6-13(12)28/h1-2,4,7,9-10,12-14,17-18,21,28-30H,3,5-6,8H2,(H,23,24,26)/t12-,13-,14-,17-,18-,21-/m1/s1. The van der Waals surface area contributed by atoms with Crippen molar-refractivity contribution < 1.29 is 24.4 Å². The van der Waals surface area contributed by atoms with Gasteiger partial charge in [0.1, 0.15) is 24.4 Å². The van der Waals surface area contributed by atoms with Gasteiger partial charge >= 0.3 is 0 Å². The Morgan fingerprint density at radius 1 is 1.12 bits per heavy atom. The molecule has 9 nitrogen and oxygen atoms in total. The van der Waals surface area contributed by atoms with E-state index in [1.165, 1.54) is 30.5 Å². The van der Waals surface area contributed by atoms with Gasteiger partial charge in [-0.3, -0.25) is 4.57 Å². The third-order valence-corrected chi connectivity index (χ3v) is 7.15. The van der Waals surface area contributed by atoms with E-state index in [9.17, 15) is 19.7 Å². The number of hydrogen-bond donors (Lipinski definition) is 4. The Labute approximate surface area is 187 Å². The summed E-state index contributed by atoms with van der Waals surface area (Å²) in [5, 5.41) is 34.5. The van der Waals surface area contributed by atoms with Gasteiger partial charge in [0.05, 0.1) is 24.6 Å². The van der Waals surface area contributed by atoms with Crippen LogP contribution in [0.25, 0.3) is 11.2 Å². The molecule has 5 rings (SSSR count). The summed E-state index contributed by atoms with van der Waals surface area (Å²) >= 11 is 1.22. The summed E-state index contributed by atoms with van der Waals surface area (Å²) in [4.78, 5) is 13.4. The molecule has 0 bridgehead atoms. The molecule has 2 fully saturated rings. The van der Waals surface area contributed by atoms with Crippen LogP contribution in [0.15, 0.2) is 41.8 Å². The van der Waals surface area contributed by atoms with Crippen molar-refractivity contribution in [3.8, 4) is 0 Å². The van der Waals surface area contributed by atoms with E-state index < -0.39 is 30.6 Å². The second-order valence-electron chi connectivity index (χ2n) is 8.08. The Bertz CT molecular complexity index is 1100. The number of imidazole rings is 1. The van der Waals surface area contributed by atoms with Crippen molar-refractivity contribution in [3.05, 3.63) is 42.7 Å². The molecule has 11 heteroatoms. The maximum absolute atomic E-state index is 13.9. The van der Waals surface area contributed by atoms with E-state index >= 15 is 0 Å². The number of aliphatic hydroxyl groups is 3. The van der Waals surface area contributed by atoms with E-state index in [1.807, 2.05) is 0 Å². The fourth-order valence-electron chi connectivity index (χ4n) is 4.26. The predicted molar refractivity (Wildman–Crippen MR) is 116 cm³/mol. The van der Waals surface area contributed by atoms with Crippen LogP contribution in [0.5, 0.6) is 0 Å². The second-order valence-corrected chi connectivity index (χ2v) is 9.14. The number of thioether (sulfide) groups is 1. The highest BCUT2D eigenvalue weighted by Gasteiger charge is 2.44. The van der Waals surface area contributed by atoms with Crippen molar-refractivity contribution in [2.24, 2.45) is 0 Å². The molecule has 0 radical (unpaired) electrons. The number of ether oxygens (including phenoxy) is 1. The molecule has 0 unspecified atom stereocenters. The Morgan fingerprint density at radius 2 is 1.97 bits per heavy atom. The maximum atomic E-state index is 13.9. The third kappa shape index (κ3) is 3.95. The largest absolute Gasteiger partial charge is 0.391 e. The van der Waals surface area contributed by atoms with Gasteiger partial charge in [0.15, 0.2) is 23.2 Å². The predicted octanol–water partition coefficient (Wildman–Crippen LogP) is 1.70. The number of aromatic nitrogens is 4. The summed E-state index contributed by atoms with van der Waals surface area (Å²) in [6, 6.07) is 6.28. The van der Waals surface area contributed by atoms with Gasteiger partial charge in [-0.15, -0.1) is 11.8 Å². The average molecular weight is 462 g/mol. The van der Waals surface area contributed by atoms with Crippen LogP contribution < -0.4 is 5.32 Å². The lowest BCUT2D eigenvalue weighted by atomic mass is 10.1. The first-order valence-electron chi connectivity index (χ1n) is 10.5. The van der Waals surface area contributed by atoms with Crippen LogP contribution in [0, 0.1) is 5.82 Å². The Kier molecular flexibility index (Phi) is 5.99. The minimum Gasteiger partial charge on any atom is -0.391 e. The van der Waals surface area contributed by atoms with E-state index in [2.05, 4.69) is 20.3 Å². The number of fused-ring (bicyclic) bond motifs is 1. The second kappa shape index (κ2) is 8.91. The molecule has 1 saturated heterocycles. The highest BCUT2D eigenvalue weighted by atomic mass is 32.2. The molecule has 4 N–H and O–H groups in total. The molecule has 6 atom stereocenters. The molecule has 3 heterocycles. The van der Waals surface area contributed by atoms with Crippen LogP contribution >= 0.6 is 11.8 Å². The summed E-state index contributed by atoms with van der Waals surface area (Å²) in [6.45, 7) is 0. The Balaban J connectivity index is 1.34. The van der Waals surface area contributed by atoms with E-state index in [0.29, 0.717) is 21.9 Å². The number of halogens is 1. The smallest absolute Gasteiger partial charge is 0.167 e. The maximum Gasteiger partial charge on any atom is 0.167 e. The number of nitrogens with one attached hydrogen (secondary N) is 1. The normalized spacial score (nSPS) is 30.2. The number of aliphatic hydroxyl groups excluding tert-OH is 3. The van der Waals surface area contributed by atoms with E-state index in [1.54, 1.807) is 22.8 Å². The average Bonchev–Trinajstić information content (AvgIpc) is 3.47. The summed E-state index contributed by atoms with van der Waals surface area (Å²) in [5.74, 6) is 0.426. The van der Waals surface area contributed by atoms with Gasteiger partial charge in [0.25, 0.3) is 0 Å². The van der Waals surface area contributed by atoms with Gasteiger partial charge in [0.2, 0.25) is 0 Å². The molecule has 2 aliphatic rings. The fourth-order valence-corrected chi connectivity index (χ4v) is 5.26. The van der Waals surface area contributed by atoms with Gasteiger partial charge < -0.3 is 25.4 Å². The molecule has 32 heavy (non-hydrogen) atoms. The summed E-state index contributed by atoms with van der Waals surface area (Å²) in [6.07, 6.45) is 0.990. The Morgan fingerprint density at radius 3 is 2.75 bits per heavy atom. The van der Waals surface area contributed by atoms with Crippen LogP contribution in [0.2, 0.25) is 0 Å². The molecular weight excluding hydrogens is 437 g/mol. The van der Waals surface area contributed by atoms with Crippen molar-refractivity contribution in [2.45, 2.75) is 60.8 Å². The number of benzene rings is 1. The third-order valence-electron chi connectivity index (χ3n) is 6.01. The van der Waals surface area contributed by atoms with Crippen molar-refractivity contribution in [2.75, 3.05) is 11.1 Å². The first-order valence-corrected chi connectivity index (χ1v) is 11.5. The molecule has 170 valence electrons. The summed E-state index contributed by atoms with van der Waals surface area (Å²) in [5.41, 5.74) is 0.926. The lowest BCUT2D eigenvalue weighted by Crippen LogP contribution is -2.32. The van der Waals surface area contributed by atoms with Gasteiger partial charge in [-0.1, -0.05) is 12.1 Å². The highest BCUT2D eigenvalue weighted by Crippen LogP contribution is 2.35. The van der Waals surface area contributed by atoms with Crippen LogP contribution in [0.3, 0.4) is 0 Å². The number of hydrogen-bond acceptors (Lipinski definition) is 9. The zero-order valence-electron chi connectivity index (χ0n) is 17.1. The molecule has 3 aromatic rings. The minimum atomic E-state index is -1.21. The zero-order valence-corrected chi connectivity index (χ0v) is 17.9. The van der Waals surface area contributed by atoms with E-state index in [0.717, 1.165) is 19.3 Å². The van der Waals surface area contributed by atoms with Gasteiger partial charge in [-0.25, -0.2) is 19.3 Å². The lowest BCUT2D eigenvalue weighted by Gasteiger charge is -2.18. The topological polar surface area (TPSA) is 126 Å². The molecular formula is C21H24FN5O4S. The van der Waals surface area contributed by atoms with Crippen LogP contribution in [-0.2, 0) is 4.74 Å². The molecule has 2 aromatic heterocycles.